The highest BCUT2D eigenvalue weighted by Gasteiger charge is 2.32. The first kappa shape index (κ1) is 21.7. The smallest absolute Gasteiger partial charge is 0.243 e. The molecule has 29 heavy (non-hydrogen) atoms. The second-order valence-corrected chi connectivity index (χ2v) is 9.70. The third kappa shape index (κ3) is 4.61. The van der Waals surface area contributed by atoms with Gasteiger partial charge in [-0.3, -0.25) is 4.79 Å². The monoisotopic (exact) mass is 421 g/mol. The third-order valence-electron chi connectivity index (χ3n) is 5.74. The number of rotatable bonds is 8. The number of fused-ring (bicyclic) bond motifs is 1. The maximum atomic E-state index is 13.1. The van der Waals surface area contributed by atoms with E-state index in [1.165, 1.54) is 4.31 Å². The van der Waals surface area contributed by atoms with Gasteiger partial charge in [0.1, 0.15) is 5.52 Å². The van der Waals surface area contributed by atoms with E-state index >= 15 is 0 Å². The molecule has 0 bridgehead atoms. The van der Waals surface area contributed by atoms with Gasteiger partial charge in [0.25, 0.3) is 0 Å². The van der Waals surface area contributed by atoms with Crippen molar-refractivity contribution in [3.63, 3.8) is 0 Å². The summed E-state index contributed by atoms with van der Waals surface area (Å²) in [4.78, 5) is 12.5. The SMILES string of the molecule is CCCCNC(=O)C1CCN(S(=O)(=O)c2ccc3c(c2)nnn3[C@H](C)CC)CC1. The minimum absolute atomic E-state index is 0.0403. The number of hydrogen-bond acceptors (Lipinski definition) is 5. The number of benzene rings is 1. The van der Waals surface area contributed by atoms with Crippen molar-refractivity contribution < 1.29 is 13.2 Å². The molecule has 1 atom stereocenters. The summed E-state index contributed by atoms with van der Waals surface area (Å²) in [7, 11) is -3.62. The minimum atomic E-state index is -3.62. The molecule has 0 spiro atoms. The topological polar surface area (TPSA) is 97.2 Å². The fourth-order valence-electron chi connectivity index (χ4n) is 3.62. The van der Waals surface area contributed by atoms with Gasteiger partial charge < -0.3 is 5.32 Å². The highest BCUT2D eigenvalue weighted by molar-refractivity contribution is 7.89. The number of hydrogen-bond donors (Lipinski definition) is 1. The summed E-state index contributed by atoms with van der Waals surface area (Å²) in [6.45, 7) is 7.60. The molecule has 2 aromatic rings. The molecule has 1 aliphatic rings. The van der Waals surface area contributed by atoms with Gasteiger partial charge in [0.05, 0.1) is 16.5 Å². The predicted octanol–water partition coefficient (Wildman–Crippen LogP) is 2.72. The molecule has 0 saturated carbocycles. The van der Waals surface area contributed by atoms with Crippen LogP contribution >= 0.6 is 0 Å². The summed E-state index contributed by atoms with van der Waals surface area (Å²) in [5.74, 6) is -0.0743. The van der Waals surface area contributed by atoms with Crippen molar-refractivity contribution >= 4 is 27.0 Å². The Balaban J connectivity index is 1.69. The molecule has 2 heterocycles. The zero-order valence-electron chi connectivity index (χ0n) is 17.5. The molecular formula is C20H31N5O3S. The normalized spacial score (nSPS) is 17.5. The number of aromatic nitrogens is 3. The maximum Gasteiger partial charge on any atom is 0.243 e. The van der Waals surface area contributed by atoms with Crippen molar-refractivity contribution in [2.24, 2.45) is 5.92 Å². The van der Waals surface area contributed by atoms with Crippen molar-refractivity contribution in [2.45, 2.75) is 63.8 Å². The average Bonchev–Trinajstić information content (AvgIpc) is 3.16. The van der Waals surface area contributed by atoms with Crippen LogP contribution in [0.25, 0.3) is 11.0 Å². The summed E-state index contributed by atoms with van der Waals surface area (Å²) in [6, 6.07) is 5.20. The Bertz CT molecular complexity index is 948. The van der Waals surface area contributed by atoms with E-state index < -0.39 is 10.0 Å². The fourth-order valence-corrected chi connectivity index (χ4v) is 5.11. The van der Waals surface area contributed by atoms with Gasteiger partial charge in [-0.1, -0.05) is 25.5 Å². The molecular weight excluding hydrogens is 390 g/mol. The average molecular weight is 422 g/mol. The number of carbonyl (C=O) groups is 1. The minimum Gasteiger partial charge on any atom is -0.356 e. The molecule has 0 unspecified atom stereocenters. The van der Waals surface area contributed by atoms with Crippen LogP contribution in [0, 0.1) is 5.92 Å². The Hall–Kier alpha value is -2.00. The van der Waals surface area contributed by atoms with Gasteiger partial charge in [0, 0.05) is 25.6 Å². The van der Waals surface area contributed by atoms with E-state index in [1.807, 2.05) is 4.68 Å². The Morgan fingerprint density at radius 1 is 1.28 bits per heavy atom. The van der Waals surface area contributed by atoms with Crippen LogP contribution in [0.3, 0.4) is 0 Å². The number of nitrogens with one attached hydrogen (secondary N) is 1. The molecule has 1 aliphatic heterocycles. The van der Waals surface area contributed by atoms with Crippen LogP contribution in [0.1, 0.15) is 58.9 Å². The first-order valence-electron chi connectivity index (χ1n) is 10.5. The van der Waals surface area contributed by atoms with Crippen LogP contribution in [0.4, 0.5) is 0 Å². The summed E-state index contributed by atoms with van der Waals surface area (Å²) in [6.07, 6.45) is 4.00. The molecule has 160 valence electrons. The van der Waals surface area contributed by atoms with Gasteiger partial charge in [0.2, 0.25) is 15.9 Å². The van der Waals surface area contributed by atoms with Gasteiger partial charge in [-0.25, -0.2) is 13.1 Å². The first-order chi connectivity index (χ1) is 13.9. The lowest BCUT2D eigenvalue weighted by molar-refractivity contribution is -0.126. The van der Waals surface area contributed by atoms with Crippen molar-refractivity contribution in [1.82, 2.24) is 24.6 Å². The van der Waals surface area contributed by atoms with E-state index in [9.17, 15) is 13.2 Å². The predicted molar refractivity (Wildman–Crippen MR) is 112 cm³/mol. The third-order valence-corrected chi connectivity index (χ3v) is 7.64. The number of sulfonamides is 1. The van der Waals surface area contributed by atoms with Crippen LogP contribution < -0.4 is 5.32 Å². The second kappa shape index (κ2) is 9.21. The molecule has 9 heteroatoms. The zero-order chi connectivity index (χ0) is 21.0. The van der Waals surface area contributed by atoms with Crippen LogP contribution in [-0.4, -0.2) is 53.3 Å². The Morgan fingerprint density at radius 2 is 2.00 bits per heavy atom. The molecule has 1 saturated heterocycles. The molecule has 3 rings (SSSR count). The Labute approximate surface area is 172 Å². The van der Waals surface area contributed by atoms with Crippen molar-refractivity contribution in [2.75, 3.05) is 19.6 Å². The molecule has 0 radical (unpaired) electrons. The van der Waals surface area contributed by atoms with Gasteiger partial charge in [-0.15, -0.1) is 5.10 Å². The van der Waals surface area contributed by atoms with E-state index in [0.29, 0.717) is 38.0 Å². The molecule has 1 N–H and O–H groups in total. The van der Waals surface area contributed by atoms with E-state index in [0.717, 1.165) is 24.8 Å². The molecule has 1 amide bonds. The highest BCUT2D eigenvalue weighted by Crippen LogP contribution is 2.26. The Kier molecular flexibility index (Phi) is 6.89. The lowest BCUT2D eigenvalue weighted by Crippen LogP contribution is -2.43. The van der Waals surface area contributed by atoms with Gasteiger partial charge in [0.15, 0.2) is 0 Å². The van der Waals surface area contributed by atoms with Crippen LogP contribution in [0.2, 0.25) is 0 Å². The van der Waals surface area contributed by atoms with Crippen molar-refractivity contribution in [3.05, 3.63) is 18.2 Å². The number of carbonyl (C=O) groups excluding carboxylic acids is 1. The van der Waals surface area contributed by atoms with Gasteiger partial charge in [-0.2, -0.15) is 4.31 Å². The maximum absolute atomic E-state index is 13.1. The number of nitrogens with zero attached hydrogens (tertiary/aromatic N) is 4. The van der Waals surface area contributed by atoms with Gasteiger partial charge in [-0.05, 0) is 50.8 Å². The molecule has 0 aliphatic carbocycles. The first-order valence-corrected chi connectivity index (χ1v) is 11.9. The number of unbranched alkanes of at least 4 members (excludes halogenated alkanes) is 1. The summed E-state index contributed by atoms with van der Waals surface area (Å²) in [5, 5.41) is 11.3. The summed E-state index contributed by atoms with van der Waals surface area (Å²) < 4.78 is 29.5. The molecule has 1 aromatic carbocycles. The largest absolute Gasteiger partial charge is 0.356 e. The lowest BCUT2D eigenvalue weighted by atomic mass is 9.97. The van der Waals surface area contributed by atoms with Crippen LogP contribution in [0.5, 0.6) is 0 Å². The zero-order valence-corrected chi connectivity index (χ0v) is 18.3. The molecule has 1 aromatic heterocycles. The van der Waals surface area contributed by atoms with Crippen molar-refractivity contribution in [3.8, 4) is 0 Å². The van der Waals surface area contributed by atoms with Crippen molar-refractivity contribution in [1.29, 1.82) is 0 Å². The highest BCUT2D eigenvalue weighted by atomic mass is 32.2. The number of piperidine rings is 1. The standard InChI is InChI=1S/C20H31N5O3S/c1-4-6-11-21-20(26)16-9-12-24(13-10-16)29(27,28)17-7-8-19-18(14-17)22-23-25(19)15(3)5-2/h7-8,14-16H,4-6,9-13H2,1-3H3,(H,21,26)/t15-/m1/s1. The number of amides is 1. The van der Waals surface area contributed by atoms with Crippen LogP contribution in [-0.2, 0) is 14.8 Å². The van der Waals surface area contributed by atoms with Gasteiger partial charge >= 0.3 is 0 Å². The van der Waals surface area contributed by atoms with E-state index in [4.69, 9.17) is 0 Å². The lowest BCUT2D eigenvalue weighted by Gasteiger charge is -2.30. The fraction of sp³-hybridized carbons (Fsp3) is 0.650. The molecule has 1 fully saturated rings. The molecule has 8 nitrogen and oxygen atoms in total. The van der Waals surface area contributed by atoms with E-state index in [-0.39, 0.29) is 22.8 Å². The van der Waals surface area contributed by atoms with E-state index in [2.05, 4.69) is 36.4 Å². The Morgan fingerprint density at radius 3 is 2.66 bits per heavy atom. The second-order valence-electron chi connectivity index (χ2n) is 7.76. The summed E-state index contributed by atoms with van der Waals surface area (Å²) >= 11 is 0. The van der Waals surface area contributed by atoms with Crippen LogP contribution in [0.15, 0.2) is 23.1 Å². The quantitative estimate of drug-likeness (QED) is 0.661. The summed E-state index contributed by atoms with van der Waals surface area (Å²) in [5.41, 5.74) is 1.41. The van der Waals surface area contributed by atoms with E-state index in [1.54, 1.807) is 18.2 Å².